The number of nitrogens with zero attached hydrogens (tertiary/aromatic N) is 1. The molecule has 0 aliphatic heterocycles. The molecule has 2 N–H and O–H groups in total. The molecule has 0 amide bonds. The minimum absolute atomic E-state index is 0.0410. The van der Waals surface area contributed by atoms with Crippen LogP contribution in [0.15, 0.2) is 29.3 Å². The summed E-state index contributed by atoms with van der Waals surface area (Å²) in [6.07, 6.45) is 1.82. The lowest BCUT2D eigenvalue weighted by atomic mass is 9.95. The van der Waals surface area contributed by atoms with Crippen molar-refractivity contribution in [2.24, 2.45) is 4.99 Å². The monoisotopic (exact) mass is 383 g/mol. The minimum atomic E-state index is -3.18. The lowest BCUT2D eigenvalue weighted by Gasteiger charge is -2.20. The van der Waals surface area contributed by atoms with Crippen molar-refractivity contribution in [1.29, 1.82) is 0 Å². The fourth-order valence-electron chi connectivity index (χ4n) is 2.74. The number of aliphatic imine (C=N–C) groups is 1. The van der Waals surface area contributed by atoms with Gasteiger partial charge in [-0.3, -0.25) is 4.99 Å². The van der Waals surface area contributed by atoms with Crippen LogP contribution in [0.5, 0.6) is 0 Å². The number of hydrogen-bond acceptors (Lipinski definition) is 3. The van der Waals surface area contributed by atoms with Crippen LogP contribution < -0.4 is 10.6 Å². The Hall–Kier alpha value is -1.63. The standard InChI is InChI=1S/C19H30FN3O2S/c1-5-21-17(22-12-13-26(24,25)18(2,3)4)23-14-19(10-11-19)15-8-6-7-9-16(15)20/h6-9H,5,10-14H2,1-4H3,(H2,21,22,23). The van der Waals surface area contributed by atoms with E-state index in [1.807, 2.05) is 19.1 Å². The van der Waals surface area contributed by atoms with Gasteiger partial charge in [0.1, 0.15) is 5.82 Å². The lowest BCUT2D eigenvalue weighted by Crippen LogP contribution is -2.42. The number of sulfone groups is 1. The molecule has 1 aromatic carbocycles. The number of halogens is 1. The number of hydrogen-bond donors (Lipinski definition) is 2. The predicted octanol–water partition coefficient (Wildman–Crippen LogP) is 2.63. The van der Waals surface area contributed by atoms with Crippen molar-refractivity contribution in [2.75, 3.05) is 25.4 Å². The predicted molar refractivity (Wildman–Crippen MR) is 105 cm³/mol. The molecule has 5 nitrogen and oxygen atoms in total. The molecule has 1 fully saturated rings. The van der Waals surface area contributed by atoms with Crippen molar-refractivity contribution in [3.63, 3.8) is 0 Å². The molecule has 26 heavy (non-hydrogen) atoms. The van der Waals surface area contributed by atoms with E-state index in [9.17, 15) is 12.8 Å². The normalized spacial score (nSPS) is 17.0. The van der Waals surface area contributed by atoms with Gasteiger partial charge in [0.15, 0.2) is 15.8 Å². The summed E-state index contributed by atoms with van der Waals surface area (Å²) in [5.41, 5.74) is 0.487. The highest BCUT2D eigenvalue weighted by Gasteiger charge is 2.45. The van der Waals surface area contributed by atoms with Crippen LogP contribution in [0.1, 0.15) is 46.1 Å². The Morgan fingerprint density at radius 3 is 2.42 bits per heavy atom. The summed E-state index contributed by atoms with van der Waals surface area (Å²) in [5.74, 6) is 0.424. The summed E-state index contributed by atoms with van der Waals surface area (Å²) < 4.78 is 37.7. The van der Waals surface area contributed by atoms with Gasteiger partial charge in [0, 0.05) is 18.5 Å². The molecule has 0 saturated heterocycles. The SMILES string of the molecule is CCNC(=NCC1(c2ccccc2F)CC1)NCCS(=O)(=O)C(C)(C)C. The summed E-state index contributed by atoms with van der Waals surface area (Å²) in [7, 11) is -3.18. The van der Waals surface area contributed by atoms with Crippen LogP contribution in [0.3, 0.4) is 0 Å². The zero-order valence-electron chi connectivity index (χ0n) is 16.1. The van der Waals surface area contributed by atoms with E-state index in [1.54, 1.807) is 26.8 Å². The van der Waals surface area contributed by atoms with Crippen LogP contribution in [0.4, 0.5) is 4.39 Å². The van der Waals surface area contributed by atoms with Crippen molar-refractivity contribution in [1.82, 2.24) is 10.6 Å². The third kappa shape index (κ3) is 4.96. The van der Waals surface area contributed by atoms with Crippen LogP contribution in [0.2, 0.25) is 0 Å². The molecule has 1 aliphatic rings. The summed E-state index contributed by atoms with van der Waals surface area (Å²) in [6, 6.07) is 6.86. The van der Waals surface area contributed by atoms with Crippen molar-refractivity contribution in [3.05, 3.63) is 35.6 Å². The second kappa shape index (κ2) is 7.94. The van der Waals surface area contributed by atoms with Gasteiger partial charge in [-0.25, -0.2) is 12.8 Å². The average Bonchev–Trinajstić information content (AvgIpc) is 3.33. The van der Waals surface area contributed by atoms with Crippen molar-refractivity contribution in [2.45, 2.75) is 50.7 Å². The van der Waals surface area contributed by atoms with E-state index < -0.39 is 14.6 Å². The topological polar surface area (TPSA) is 70.6 Å². The first-order chi connectivity index (χ1) is 12.1. The summed E-state index contributed by atoms with van der Waals surface area (Å²) in [6.45, 7) is 8.50. The third-order valence-electron chi connectivity index (χ3n) is 4.78. The van der Waals surface area contributed by atoms with E-state index >= 15 is 0 Å². The van der Waals surface area contributed by atoms with Gasteiger partial charge >= 0.3 is 0 Å². The lowest BCUT2D eigenvalue weighted by molar-refractivity contribution is 0.558. The van der Waals surface area contributed by atoms with Gasteiger partial charge < -0.3 is 10.6 Å². The zero-order valence-corrected chi connectivity index (χ0v) is 16.9. The maximum Gasteiger partial charge on any atom is 0.191 e. The molecule has 146 valence electrons. The summed E-state index contributed by atoms with van der Waals surface area (Å²) in [4.78, 5) is 4.58. The van der Waals surface area contributed by atoms with E-state index in [2.05, 4.69) is 15.6 Å². The van der Waals surface area contributed by atoms with E-state index in [0.717, 1.165) is 18.4 Å². The third-order valence-corrected chi connectivity index (χ3v) is 7.39. The number of rotatable bonds is 7. The second-order valence-corrected chi connectivity index (χ2v) is 10.7. The van der Waals surface area contributed by atoms with Gasteiger partial charge in [0.05, 0.1) is 17.0 Å². The Morgan fingerprint density at radius 2 is 1.88 bits per heavy atom. The molecule has 1 saturated carbocycles. The highest BCUT2D eigenvalue weighted by Crippen LogP contribution is 2.49. The summed E-state index contributed by atoms with van der Waals surface area (Å²) >= 11 is 0. The number of nitrogens with one attached hydrogen (secondary N) is 2. The minimum Gasteiger partial charge on any atom is -0.357 e. The molecule has 1 aromatic rings. The molecule has 0 heterocycles. The van der Waals surface area contributed by atoms with Crippen LogP contribution in [-0.2, 0) is 15.3 Å². The molecule has 0 radical (unpaired) electrons. The first kappa shape index (κ1) is 20.7. The van der Waals surface area contributed by atoms with Gasteiger partial charge in [0.2, 0.25) is 0 Å². The van der Waals surface area contributed by atoms with Crippen molar-refractivity contribution in [3.8, 4) is 0 Å². The van der Waals surface area contributed by atoms with Crippen LogP contribution in [0.25, 0.3) is 0 Å². The highest BCUT2D eigenvalue weighted by molar-refractivity contribution is 7.92. The quantitative estimate of drug-likeness (QED) is 0.561. The van der Waals surface area contributed by atoms with Crippen molar-refractivity contribution >= 4 is 15.8 Å². The summed E-state index contributed by atoms with van der Waals surface area (Å²) in [5, 5.41) is 6.21. The highest BCUT2D eigenvalue weighted by atomic mass is 32.2. The fraction of sp³-hybridized carbons (Fsp3) is 0.632. The first-order valence-electron chi connectivity index (χ1n) is 9.11. The molecule has 7 heteroatoms. The fourth-order valence-corrected chi connectivity index (χ4v) is 3.72. The number of benzene rings is 1. The van der Waals surface area contributed by atoms with Gasteiger partial charge in [-0.2, -0.15) is 0 Å². The van der Waals surface area contributed by atoms with Gasteiger partial charge in [-0.05, 0) is 52.2 Å². The first-order valence-corrected chi connectivity index (χ1v) is 10.8. The Bertz CT molecular complexity index is 750. The maximum absolute atomic E-state index is 14.1. The van der Waals surface area contributed by atoms with Gasteiger partial charge in [0.25, 0.3) is 0 Å². The van der Waals surface area contributed by atoms with Crippen LogP contribution >= 0.6 is 0 Å². The van der Waals surface area contributed by atoms with E-state index in [-0.39, 0.29) is 23.5 Å². The Labute approximate surface area is 156 Å². The van der Waals surface area contributed by atoms with Crippen LogP contribution in [-0.4, -0.2) is 44.5 Å². The van der Waals surface area contributed by atoms with E-state index in [1.165, 1.54) is 6.07 Å². The molecule has 0 unspecified atom stereocenters. The zero-order chi connectivity index (χ0) is 19.4. The average molecular weight is 384 g/mol. The Balaban J connectivity index is 2.00. The smallest absolute Gasteiger partial charge is 0.191 e. The van der Waals surface area contributed by atoms with E-state index in [0.29, 0.717) is 19.0 Å². The molecule has 2 rings (SSSR count). The molecule has 0 bridgehead atoms. The molecular weight excluding hydrogens is 353 g/mol. The van der Waals surface area contributed by atoms with Crippen molar-refractivity contribution < 1.29 is 12.8 Å². The molecule has 0 atom stereocenters. The molecular formula is C19H30FN3O2S. The second-order valence-electron chi connectivity index (χ2n) is 7.81. The number of guanidine groups is 1. The Kier molecular flexibility index (Phi) is 6.32. The molecule has 1 aliphatic carbocycles. The Morgan fingerprint density at radius 1 is 1.23 bits per heavy atom. The maximum atomic E-state index is 14.1. The van der Waals surface area contributed by atoms with E-state index in [4.69, 9.17) is 0 Å². The largest absolute Gasteiger partial charge is 0.357 e. The van der Waals surface area contributed by atoms with Crippen LogP contribution in [0, 0.1) is 5.82 Å². The van der Waals surface area contributed by atoms with Gasteiger partial charge in [-0.15, -0.1) is 0 Å². The molecule has 0 aromatic heterocycles. The van der Waals surface area contributed by atoms with Gasteiger partial charge in [-0.1, -0.05) is 18.2 Å². The molecule has 0 spiro atoms.